The number of piperidine rings is 2. The van der Waals surface area contributed by atoms with Gasteiger partial charge in [0.2, 0.25) is 5.91 Å². The number of aryl methyl sites for hydroxylation is 1. The van der Waals surface area contributed by atoms with Crippen LogP contribution < -0.4 is 0 Å². The molecule has 386 valence electrons. The van der Waals surface area contributed by atoms with Crippen molar-refractivity contribution in [2.24, 2.45) is 0 Å². The van der Waals surface area contributed by atoms with Crippen molar-refractivity contribution in [3.05, 3.63) is 73.4 Å². The zero-order chi connectivity index (χ0) is 52.4. The first-order chi connectivity index (χ1) is 32.9. The molecule has 0 unspecified atom stereocenters. The van der Waals surface area contributed by atoms with Crippen LogP contribution in [-0.4, -0.2) is 106 Å². The Labute approximate surface area is 430 Å². The van der Waals surface area contributed by atoms with Gasteiger partial charge in [-0.05, 0) is 71.6 Å². The molecule has 2 fully saturated rings. The van der Waals surface area contributed by atoms with Crippen LogP contribution in [0.1, 0.15) is 186 Å². The fraction of sp³-hybridized carbons (Fsp3) is 0.630. The first-order valence-corrected chi connectivity index (χ1v) is 26.7. The van der Waals surface area contributed by atoms with Crippen molar-refractivity contribution in [2.75, 3.05) is 33.3 Å². The Morgan fingerprint density at radius 3 is 1.42 bits per heavy atom. The third-order valence-corrected chi connectivity index (χ3v) is 14.5. The maximum atomic E-state index is 13.0. The number of aromatic nitrogens is 8. The number of amides is 2. The summed E-state index contributed by atoms with van der Waals surface area (Å²) in [5.74, 6) is 2.04. The summed E-state index contributed by atoms with van der Waals surface area (Å²) >= 11 is 3.37. The quantitative estimate of drug-likeness (QED) is 0.135. The van der Waals surface area contributed by atoms with Gasteiger partial charge in [-0.25, -0.2) is 34.7 Å². The van der Waals surface area contributed by atoms with Crippen molar-refractivity contribution in [2.45, 2.75) is 189 Å². The fourth-order valence-corrected chi connectivity index (χ4v) is 10.0. The summed E-state index contributed by atoms with van der Waals surface area (Å²) in [5.41, 5.74) is 6.17. The van der Waals surface area contributed by atoms with Crippen molar-refractivity contribution in [1.29, 1.82) is 0 Å². The molecule has 2 aliphatic heterocycles. The van der Waals surface area contributed by atoms with Crippen LogP contribution in [0.3, 0.4) is 0 Å². The van der Waals surface area contributed by atoms with Crippen LogP contribution in [0.4, 0.5) is 4.79 Å². The number of carbonyl (C=O) groups is 3. The van der Waals surface area contributed by atoms with E-state index in [9.17, 15) is 14.4 Å². The molecule has 17 heteroatoms. The Morgan fingerprint density at radius 1 is 0.592 bits per heavy atom. The number of ether oxygens (including phenoxy) is 2. The van der Waals surface area contributed by atoms with Gasteiger partial charge >= 0.3 is 12.1 Å². The highest BCUT2D eigenvalue weighted by Crippen LogP contribution is 2.37. The molecule has 5 aromatic rings. The summed E-state index contributed by atoms with van der Waals surface area (Å²) in [4.78, 5) is 70.1. The van der Waals surface area contributed by atoms with Gasteiger partial charge < -0.3 is 19.3 Å². The molecule has 0 N–H and O–H groups in total. The first-order valence-electron chi connectivity index (χ1n) is 25.0. The van der Waals surface area contributed by atoms with Crippen LogP contribution in [0.25, 0.3) is 22.8 Å². The number of hydrogen-bond acceptors (Lipinski definition) is 14. The van der Waals surface area contributed by atoms with Crippen molar-refractivity contribution >= 4 is 40.6 Å². The molecular formula is C54H78N10O5S2. The zero-order valence-corrected chi connectivity index (χ0v) is 47.1. The maximum absolute atomic E-state index is 13.0. The van der Waals surface area contributed by atoms with Crippen LogP contribution in [0.15, 0.2) is 29.0 Å². The zero-order valence-electron chi connectivity index (χ0n) is 45.4. The van der Waals surface area contributed by atoms with E-state index in [-0.39, 0.29) is 52.6 Å². The van der Waals surface area contributed by atoms with E-state index in [1.807, 2.05) is 43.6 Å². The van der Waals surface area contributed by atoms with Gasteiger partial charge in [0, 0.05) is 76.1 Å². The van der Waals surface area contributed by atoms with Crippen LogP contribution in [0, 0.1) is 6.92 Å². The lowest BCUT2D eigenvalue weighted by atomic mass is 9.89. The predicted molar refractivity (Wildman–Crippen MR) is 282 cm³/mol. The monoisotopic (exact) mass is 1010 g/mol. The van der Waals surface area contributed by atoms with Crippen LogP contribution in [0.2, 0.25) is 0 Å². The number of methoxy groups -OCH3 is 1. The van der Waals surface area contributed by atoms with Gasteiger partial charge in [-0.2, -0.15) is 5.10 Å². The van der Waals surface area contributed by atoms with Gasteiger partial charge in [0.1, 0.15) is 23.8 Å². The number of thiazole rings is 2. The smallest absolute Gasteiger partial charge is 0.410 e. The predicted octanol–water partition coefficient (Wildman–Crippen LogP) is 11.1. The van der Waals surface area contributed by atoms with E-state index in [2.05, 4.69) is 111 Å². The Balaban J connectivity index is 0.000000237. The summed E-state index contributed by atoms with van der Waals surface area (Å²) in [6.45, 7) is 36.4. The van der Waals surface area contributed by atoms with Crippen LogP contribution >= 0.6 is 22.7 Å². The van der Waals surface area contributed by atoms with Gasteiger partial charge in [-0.1, -0.05) is 83.1 Å². The minimum atomic E-state index is -0.465. The molecule has 2 amide bonds. The average Bonchev–Trinajstić information content (AvgIpc) is 4.06. The summed E-state index contributed by atoms with van der Waals surface area (Å²) in [5, 5.41) is 10.8. The van der Waals surface area contributed by atoms with Crippen molar-refractivity contribution < 1.29 is 23.9 Å². The molecule has 0 radical (unpaired) electrons. The number of carbonyl (C=O) groups excluding carboxylic acids is 3. The minimum Gasteiger partial charge on any atom is -0.469 e. The summed E-state index contributed by atoms with van der Waals surface area (Å²) in [6.07, 6.45) is 3.42. The summed E-state index contributed by atoms with van der Waals surface area (Å²) < 4.78 is 11.9. The molecule has 2 saturated heterocycles. The topological polar surface area (TPSA) is 171 Å². The number of esters is 1. The molecule has 5 aromatic heterocycles. The Bertz CT molecular complexity index is 2590. The van der Waals surface area contributed by atoms with Gasteiger partial charge in [0.05, 0.1) is 63.4 Å². The largest absolute Gasteiger partial charge is 0.469 e. The number of rotatable bonds is 8. The second kappa shape index (κ2) is 21.5. The Kier molecular flexibility index (Phi) is 16.7. The highest BCUT2D eigenvalue weighted by molar-refractivity contribution is 7.10. The molecule has 0 spiro atoms. The van der Waals surface area contributed by atoms with E-state index in [0.717, 1.165) is 87.2 Å². The molecule has 15 nitrogen and oxygen atoms in total. The van der Waals surface area contributed by atoms with E-state index < -0.39 is 5.60 Å². The van der Waals surface area contributed by atoms with Crippen LogP contribution in [0.5, 0.6) is 0 Å². The first kappa shape index (κ1) is 55.2. The van der Waals surface area contributed by atoms with Gasteiger partial charge in [-0.15, -0.1) is 22.7 Å². The normalized spacial score (nSPS) is 15.6. The number of hydrogen-bond donors (Lipinski definition) is 0. The molecule has 0 aromatic carbocycles. The van der Waals surface area contributed by atoms with Gasteiger partial charge in [0.15, 0.2) is 0 Å². The number of nitrogens with zero attached hydrogens (tertiary/aromatic N) is 10. The van der Waals surface area contributed by atoms with E-state index in [1.165, 1.54) is 7.11 Å². The third-order valence-electron chi connectivity index (χ3n) is 12.5. The van der Waals surface area contributed by atoms with E-state index in [4.69, 9.17) is 39.4 Å². The molecule has 71 heavy (non-hydrogen) atoms. The second-order valence-electron chi connectivity index (χ2n) is 24.2. The van der Waals surface area contributed by atoms with E-state index in [0.29, 0.717) is 43.7 Å². The Hall–Kier alpha value is -5.16. The summed E-state index contributed by atoms with van der Waals surface area (Å²) in [6, 6.07) is 5.98. The maximum Gasteiger partial charge on any atom is 0.410 e. The highest BCUT2D eigenvalue weighted by atomic mass is 32.1. The average molecular weight is 1010 g/mol. The molecule has 0 aliphatic carbocycles. The minimum absolute atomic E-state index is 0.0366. The lowest BCUT2D eigenvalue weighted by Crippen LogP contribution is -2.41. The van der Waals surface area contributed by atoms with E-state index in [1.54, 1.807) is 27.4 Å². The molecule has 0 atom stereocenters. The summed E-state index contributed by atoms with van der Waals surface area (Å²) in [7, 11) is 1.35. The molecule has 2 aliphatic rings. The van der Waals surface area contributed by atoms with Gasteiger partial charge in [0.25, 0.3) is 0 Å². The second-order valence-corrected chi connectivity index (χ2v) is 25.9. The Morgan fingerprint density at radius 2 is 1.03 bits per heavy atom. The highest BCUT2D eigenvalue weighted by Gasteiger charge is 2.32. The third kappa shape index (κ3) is 14.7. The van der Waals surface area contributed by atoms with E-state index >= 15 is 0 Å². The molecule has 7 heterocycles. The molecular weight excluding hydrogens is 933 g/mol. The molecule has 7 rings (SSSR count). The number of likely N-dealkylation sites (tertiary alicyclic amines) is 2. The van der Waals surface area contributed by atoms with Crippen molar-refractivity contribution in [3.63, 3.8) is 0 Å². The van der Waals surface area contributed by atoms with Gasteiger partial charge in [-0.3, -0.25) is 14.3 Å². The fourth-order valence-electron chi connectivity index (χ4n) is 8.07. The molecule has 0 saturated carbocycles. The SMILES string of the molecule is CC(C)(C)OC(=O)N1CCC(c2nc(-c3cc(C(C)(C)C)nc(C(C)(C)C)n3)cs2)CC1.COC(=O)Cc1cc(C)n(CC(=O)N2CCC(c3nc(-c4cc(C(C)(C)C)nc(C(C)(C)C)n4)cs3)CC2)n1. The van der Waals surface area contributed by atoms with Crippen LogP contribution in [-0.2, 0) is 53.7 Å². The van der Waals surface area contributed by atoms with Crippen molar-refractivity contribution in [1.82, 2.24) is 49.5 Å². The molecule has 0 bridgehead atoms. The standard InChI is InChI=1S/C29H40N6O3S.C25H38N4O2S/c1-18-13-20(14-25(37)38-8)33-35(18)16-24(36)34-11-9-19(10-12-34)26-30-22(17-39-26)21-15-23(28(2,3)4)32-27(31-21)29(5,6)7;1-23(2,3)19-14-17(27-21(28-19)24(4,5)6)18-15-32-20(26-18)16-10-12-29(13-11-16)22(30)31-25(7,8)9/h13,15,17,19H,9-12,14,16H2,1-8H3;14-16H,10-13H2,1-9H3. The van der Waals surface area contributed by atoms with Crippen molar-refractivity contribution in [3.8, 4) is 22.8 Å². The lowest BCUT2D eigenvalue weighted by Gasteiger charge is -2.32. The lowest BCUT2D eigenvalue weighted by molar-refractivity contribution is -0.139.